The molecule has 0 aromatic carbocycles. The summed E-state index contributed by atoms with van der Waals surface area (Å²) in [5.74, 6) is 1.61. The molecule has 0 N–H and O–H groups in total. The number of fused-ring (bicyclic) bond motifs is 6. The Bertz CT molecular complexity index is 606. The zero-order valence-electron chi connectivity index (χ0n) is 14.5. The lowest BCUT2D eigenvalue weighted by molar-refractivity contribution is -0.240. The second-order valence-corrected chi connectivity index (χ2v) is 8.87. The number of carbonyl (C=O) groups is 1. The first-order chi connectivity index (χ1) is 11.5. The van der Waals surface area contributed by atoms with Gasteiger partial charge in [-0.15, -0.1) is 0 Å². The van der Waals surface area contributed by atoms with E-state index < -0.39 is 5.79 Å². The Morgan fingerprint density at radius 1 is 1.08 bits per heavy atom. The Morgan fingerprint density at radius 2 is 1.88 bits per heavy atom. The highest BCUT2D eigenvalue weighted by molar-refractivity contribution is 5.82. The summed E-state index contributed by atoms with van der Waals surface area (Å²) in [6.45, 7) is 3.72. The normalized spacial score (nSPS) is 46.8. The minimum Gasteiger partial charge on any atom is -0.347 e. The first-order valence-corrected chi connectivity index (χ1v) is 9.71. The van der Waals surface area contributed by atoms with Gasteiger partial charge in [0.15, 0.2) is 5.79 Å². The molecular weight excluding hydrogens is 307 g/mol. The first kappa shape index (κ1) is 15.5. The molecule has 5 rings (SSSR count). The molecule has 4 aliphatic carbocycles. The van der Waals surface area contributed by atoms with Crippen LogP contribution in [0.15, 0.2) is 11.4 Å². The largest absolute Gasteiger partial charge is 0.347 e. The molecule has 0 bridgehead atoms. The summed E-state index contributed by atoms with van der Waals surface area (Å²) in [7, 11) is 0. The Kier molecular flexibility index (Phi) is 3.32. The van der Waals surface area contributed by atoms with Gasteiger partial charge < -0.3 is 9.47 Å². The van der Waals surface area contributed by atoms with E-state index in [0.29, 0.717) is 56.1 Å². The lowest BCUT2D eigenvalue weighted by atomic mass is 9.52. The summed E-state index contributed by atoms with van der Waals surface area (Å²) in [5, 5.41) is 0. The van der Waals surface area contributed by atoms with Crippen molar-refractivity contribution in [2.75, 3.05) is 13.2 Å². The van der Waals surface area contributed by atoms with Crippen molar-refractivity contribution >= 4 is 5.78 Å². The number of Topliss-reactive ketones (excluding diaryl/α,β-unsaturated/α-hetero) is 1. The van der Waals surface area contributed by atoms with Gasteiger partial charge in [0.2, 0.25) is 0 Å². The molecule has 5 atom stereocenters. The molecule has 1 heterocycles. The lowest BCUT2D eigenvalue weighted by Crippen LogP contribution is -2.53. The van der Waals surface area contributed by atoms with Gasteiger partial charge in [0.05, 0.1) is 13.2 Å². The van der Waals surface area contributed by atoms with Crippen LogP contribution in [-0.4, -0.2) is 24.8 Å². The molecule has 3 saturated carbocycles. The highest BCUT2D eigenvalue weighted by Gasteiger charge is 2.65. The van der Waals surface area contributed by atoms with E-state index in [-0.39, 0.29) is 17.0 Å². The molecule has 5 unspecified atom stereocenters. The second kappa shape index (κ2) is 5.14. The zero-order chi connectivity index (χ0) is 16.5. The molecule has 132 valence electrons. The van der Waals surface area contributed by atoms with Crippen molar-refractivity contribution in [3.8, 4) is 0 Å². The maximum Gasteiger partial charge on any atom is 0.174 e. The number of halogens is 1. The SMILES string of the molecule is CC12CCC3C4CCC(=O)CC4=C(F)CC3C1CCC21OCCO1. The molecule has 3 nitrogen and oxygen atoms in total. The van der Waals surface area contributed by atoms with Crippen molar-refractivity contribution < 1.29 is 18.7 Å². The lowest BCUT2D eigenvalue weighted by Gasteiger charge is -2.54. The van der Waals surface area contributed by atoms with Crippen LogP contribution in [0.25, 0.3) is 0 Å². The standard InChI is InChI=1S/C20H27FO3/c1-19-6-4-14-13-3-2-12(22)10-16(13)18(21)11-15(14)17(19)5-7-20(19)23-8-9-24-20/h13-15,17H,2-11H2,1H3. The number of rotatable bonds is 0. The van der Waals surface area contributed by atoms with Crippen molar-refractivity contribution in [1.29, 1.82) is 0 Å². The van der Waals surface area contributed by atoms with E-state index in [4.69, 9.17) is 9.47 Å². The van der Waals surface area contributed by atoms with Crippen LogP contribution in [0.3, 0.4) is 0 Å². The molecule has 1 aliphatic heterocycles. The van der Waals surface area contributed by atoms with Crippen LogP contribution >= 0.6 is 0 Å². The van der Waals surface area contributed by atoms with Gasteiger partial charge in [-0.2, -0.15) is 0 Å². The van der Waals surface area contributed by atoms with Crippen LogP contribution in [0.5, 0.6) is 0 Å². The maximum absolute atomic E-state index is 14.9. The minimum atomic E-state index is -0.411. The fourth-order valence-electron chi connectivity index (χ4n) is 7.03. The maximum atomic E-state index is 14.9. The topological polar surface area (TPSA) is 35.5 Å². The number of allylic oxidation sites excluding steroid dienone is 2. The number of hydrogen-bond acceptors (Lipinski definition) is 3. The van der Waals surface area contributed by atoms with E-state index in [9.17, 15) is 9.18 Å². The van der Waals surface area contributed by atoms with Gasteiger partial charge in [0.1, 0.15) is 11.6 Å². The van der Waals surface area contributed by atoms with Crippen LogP contribution < -0.4 is 0 Å². The van der Waals surface area contributed by atoms with Crippen molar-refractivity contribution in [2.45, 2.75) is 64.1 Å². The third kappa shape index (κ3) is 1.87. The van der Waals surface area contributed by atoms with Crippen molar-refractivity contribution in [1.82, 2.24) is 0 Å². The highest BCUT2D eigenvalue weighted by Crippen LogP contribution is 2.66. The van der Waals surface area contributed by atoms with Crippen molar-refractivity contribution in [2.24, 2.45) is 29.1 Å². The molecular formula is C20H27FO3. The van der Waals surface area contributed by atoms with Gasteiger partial charge >= 0.3 is 0 Å². The van der Waals surface area contributed by atoms with Crippen LogP contribution in [-0.2, 0) is 14.3 Å². The third-order valence-electron chi connectivity index (χ3n) is 8.14. The Balaban J connectivity index is 1.49. The van der Waals surface area contributed by atoms with E-state index in [1.807, 2.05) is 0 Å². The monoisotopic (exact) mass is 334 g/mol. The van der Waals surface area contributed by atoms with Crippen molar-refractivity contribution in [3.63, 3.8) is 0 Å². The van der Waals surface area contributed by atoms with Crippen LogP contribution in [0.1, 0.15) is 58.3 Å². The van der Waals surface area contributed by atoms with Gasteiger partial charge in [-0.05, 0) is 54.9 Å². The van der Waals surface area contributed by atoms with Gasteiger partial charge in [0.25, 0.3) is 0 Å². The van der Waals surface area contributed by atoms with Gasteiger partial charge in [-0.1, -0.05) is 6.92 Å². The summed E-state index contributed by atoms with van der Waals surface area (Å²) in [4.78, 5) is 11.8. The van der Waals surface area contributed by atoms with Gasteiger partial charge in [0, 0.05) is 31.1 Å². The molecule has 0 aromatic rings. The summed E-state index contributed by atoms with van der Waals surface area (Å²) >= 11 is 0. The Morgan fingerprint density at radius 3 is 2.67 bits per heavy atom. The van der Waals surface area contributed by atoms with Crippen LogP contribution in [0.2, 0.25) is 0 Å². The molecule has 1 spiro atoms. The molecule has 5 aliphatic rings. The quantitative estimate of drug-likeness (QED) is 0.667. The van der Waals surface area contributed by atoms with E-state index in [0.717, 1.165) is 37.7 Å². The third-order valence-corrected chi connectivity index (χ3v) is 8.14. The molecule has 0 amide bonds. The number of carbonyl (C=O) groups excluding carboxylic acids is 1. The van der Waals surface area contributed by atoms with Crippen LogP contribution in [0, 0.1) is 29.1 Å². The first-order valence-electron chi connectivity index (χ1n) is 9.71. The van der Waals surface area contributed by atoms with Gasteiger partial charge in [-0.3, -0.25) is 4.79 Å². The molecule has 4 heteroatoms. The molecule has 1 saturated heterocycles. The van der Waals surface area contributed by atoms with Crippen LogP contribution in [0.4, 0.5) is 4.39 Å². The fourth-order valence-corrected chi connectivity index (χ4v) is 7.03. The summed E-state index contributed by atoms with van der Waals surface area (Å²) in [5.41, 5.74) is 0.879. The average Bonchev–Trinajstić information content (AvgIpc) is 3.15. The summed E-state index contributed by atoms with van der Waals surface area (Å²) in [6.07, 6.45) is 6.70. The second-order valence-electron chi connectivity index (χ2n) is 8.87. The minimum absolute atomic E-state index is 0.0208. The average molecular weight is 334 g/mol. The highest BCUT2D eigenvalue weighted by atomic mass is 19.1. The molecule has 24 heavy (non-hydrogen) atoms. The summed E-state index contributed by atoms with van der Waals surface area (Å²) < 4.78 is 27.1. The Labute approximate surface area is 143 Å². The van der Waals surface area contributed by atoms with E-state index in [2.05, 4.69) is 6.92 Å². The fraction of sp³-hybridized carbons (Fsp3) is 0.850. The van der Waals surface area contributed by atoms with E-state index in [1.54, 1.807) is 0 Å². The summed E-state index contributed by atoms with van der Waals surface area (Å²) in [6, 6.07) is 0. The van der Waals surface area contributed by atoms with E-state index >= 15 is 0 Å². The molecule has 0 aromatic heterocycles. The number of hydrogen-bond donors (Lipinski definition) is 0. The molecule has 0 radical (unpaired) electrons. The van der Waals surface area contributed by atoms with Gasteiger partial charge in [-0.25, -0.2) is 4.39 Å². The number of ether oxygens (including phenoxy) is 2. The van der Waals surface area contributed by atoms with Crippen molar-refractivity contribution in [3.05, 3.63) is 11.4 Å². The smallest absolute Gasteiger partial charge is 0.174 e. The predicted molar refractivity (Wildman–Crippen MR) is 86.8 cm³/mol. The number of ketones is 1. The molecule has 4 fully saturated rings. The van der Waals surface area contributed by atoms with E-state index in [1.165, 1.54) is 0 Å². The Hall–Kier alpha value is -0.740. The zero-order valence-corrected chi connectivity index (χ0v) is 14.5. The predicted octanol–water partition coefficient (Wildman–Crippen LogP) is 4.17.